The van der Waals surface area contributed by atoms with Crippen molar-refractivity contribution in [2.45, 2.75) is 4.90 Å². The number of likely N-dealkylation sites (N-methyl/N-ethyl adjacent to an activating group) is 1. The minimum absolute atomic E-state index is 0.00144. The molecule has 1 aromatic carbocycles. The molecule has 1 aromatic rings. The van der Waals surface area contributed by atoms with Crippen LogP contribution >= 0.6 is 0 Å². The van der Waals surface area contributed by atoms with Gasteiger partial charge in [0.1, 0.15) is 0 Å². The largest absolute Gasteiger partial charge is 0.478 e. The van der Waals surface area contributed by atoms with Crippen molar-refractivity contribution in [1.82, 2.24) is 4.31 Å². The zero-order chi connectivity index (χ0) is 13.1. The summed E-state index contributed by atoms with van der Waals surface area (Å²) in [6, 6.07) is 4.91. The predicted octanol–water partition coefficient (Wildman–Crippen LogP) is -0.00240. The van der Waals surface area contributed by atoms with Gasteiger partial charge in [0.05, 0.1) is 17.1 Å². The number of hydrogen-bond donors (Lipinski definition) is 2. The molecule has 6 nitrogen and oxygen atoms in total. The summed E-state index contributed by atoms with van der Waals surface area (Å²) in [4.78, 5) is 10.6. The first-order valence-corrected chi connectivity index (χ1v) is 6.24. The van der Waals surface area contributed by atoms with Gasteiger partial charge in [0.25, 0.3) is 0 Å². The Morgan fingerprint density at radius 3 is 2.24 bits per heavy atom. The molecule has 0 aromatic heterocycles. The molecule has 0 amide bonds. The number of nitrogens with zero attached hydrogens (tertiary/aromatic N) is 1. The van der Waals surface area contributed by atoms with E-state index in [0.29, 0.717) is 0 Å². The summed E-state index contributed by atoms with van der Waals surface area (Å²) >= 11 is 0. The van der Waals surface area contributed by atoms with Gasteiger partial charge in [-0.3, -0.25) is 0 Å². The number of benzene rings is 1. The van der Waals surface area contributed by atoms with Gasteiger partial charge in [0.15, 0.2) is 0 Å². The van der Waals surface area contributed by atoms with Crippen LogP contribution in [0.15, 0.2) is 29.2 Å². The van der Waals surface area contributed by atoms with Gasteiger partial charge in [-0.1, -0.05) is 0 Å². The van der Waals surface area contributed by atoms with E-state index in [4.69, 9.17) is 10.2 Å². The molecule has 0 saturated heterocycles. The third kappa shape index (κ3) is 3.02. The molecule has 0 aliphatic heterocycles. The van der Waals surface area contributed by atoms with Crippen LogP contribution in [0.4, 0.5) is 0 Å². The summed E-state index contributed by atoms with van der Waals surface area (Å²) in [7, 11) is -2.32. The van der Waals surface area contributed by atoms with Crippen molar-refractivity contribution < 1.29 is 23.4 Å². The first-order valence-electron chi connectivity index (χ1n) is 4.80. The number of aliphatic hydroxyl groups is 1. The molecule has 17 heavy (non-hydrogen) atoms. The third-order valence-electron chi connectivity index (χ3n) is 2.22. The van der Waals surface area contributed by atoms with Crippen LogP contribution in [-0.4, -0.2) is 49.1 Å². The van der Waals surface area contributed by atoms with Gasteiger partial charge in [0.2, 0.25) is 10.0 Å². The number of aromatic carboxylic acids is 1. The second-order valence-electron chi connectivity index (χ2n) is 3.38. The normalized spacial score (nSPS) is 11.7. The maximum atomic E-state index is 11.9. The molecule has 0 heterocycles. The highest BCUT2D eigenvalue weighted by atomic mass is 32.2. The smallest absolute Gasteiger partial charge is 0.335 e. The lowest BCUT2D eigenvalue weighted by molar-refractivity contribution is 0.0696. The standard InChI is InChI=1S/C10H13NO5S/c1-11(6-7-12)17(15,16)9-4-2-8(3-5-9)10(13)14/h2-5,12H,6-7H2,1H3,(H,13,14). The molecule has 0 bridgehead atoms. The van der Waals surface area contributed by atoms with E-state index in [1.165, 1.54) is 31.3 Å². The van der Waals surface area contributed by atoms with E-state index < -0.39 is 16.0 Å². The number of rotatable bonds is 5. The first kappa shape index (κ1) is 13.6. The molecule has 0 aliphatic carbocycles. The molecule has 0 spiro atoms. The SMILES string of the molecule is CN(CCO)S(=O)(=O)c1ccc(C(=O)O)cc1. The van der Waals surface area contributed by atoms with Crippen molar-refractivity contribution >= 4 is 16.0 Å². The van der Waals surface area contributed by atoms with Crippen molar-refractivity contribution in [2.75, 3.05) is 20.2 Å². The number of carbonyl (C=O) groups is 1. The monoisotopic (exact) mass is 259 g/mol. The molecule has 0 fully saturated rings. The van der Waals surface area contributed by atoms with Gasteiger partial charge in [-0.2, -0.15) is 4.31 Å². The topological polar surface area (TPSA) is 94.9 Å². The molecule has 0 saturated carbocycles. The van der Waals surface area contributed by atoms with Crippen LogP contribution in [0.1, 0.15) is 10.4 Å². The molecule has 1 rings (SSSR count). The molecule has 94 valence electrons. The zero-order valence-electron chi connectivity index (χ0n) is 9.20. The molecule has 0 radical (unpaired) electrons. The summed E-state index contributed by atoms with van der Waals surface area (Å²) in [5.41, 5.74) is 0.0220. The Balaban J connectivity index is 3.04. The third-order valence-corrected chi connectivity index (χ3v) is 4.10. The predicted molar refractivity (Wildman–Crippen MR) is 60.3 cm³/mol. The van der Waals surface area contributed by atoms with Gasteiger partial charge in [-0.15, -0.1) is 0 Å². The van der Waals surface area contributed by atoms with E-state index in [2.05, 4.69) is 0 Å². The lowest BCUT2D eigenvalue weighted by Crippen LogP contribution is -2.29. The molecular weight excluding hydrogens is 246 g/mol. The fourth-order valence-electron chi connectivity index (χ4n) is 1.21. The average Bonchev–Trinajstić information content (AvgIpc) is 2.29. The minimum Gasteiger partial charge on any atom is -0.478 e. The van der Waals surface area contributed by atoms with Crippen LogP contribution < -0.4 is 0 Å². The number of aliphatic hydroxyl groups excluding tert-OH is 1. The van der Waals surface area contributed by atoms with Gasteiger partial charge in [0, 0.05) is 13.6 Å². The number of hydrogen-bond acceptors (Lipinski definition) is 4. The van der Waals surface area contributed by atoms with Crippen LogP contribution in [0, 0.1) is 0 Å². The quantitative estimate of drug-likeness (QED) is 0.776. The number of carboxylic acid groups (broad SMARTS) is 1. The van der Waals surface area contributed by atoms with Crippen LogP contribution in [0.5, 0.6) is 0 Å². The lowest BCUT2D eigenvalue weighted by atomic mass is 10.2. The van der Waals surface area contributed by atoms with Gasteiger partial charge in [-0.05, 0) is 24.3 Å². The molecular formula is C10H13NO5S. The van der Waals surface area contributed by atoms with Gasteiger partial charge in [-0.25, -0.2) is 13.2 Å². The Hall–Kier alpha value is -1.44. The maximum Gasteiger partial charge on any atom is 0.335 e. The van der Waals surface area contributed by atoms with E-state index in [9.17, 15) is 13.2 Å². The molecule has 2 N–H and O–H groups in total. The summed E-state index contributed by atoms with van der Waals surface area (Å²) in [5.74, 6) is -1.11. The van der Waals surface area contributed by atoms with Gasteiger partial charge >= 0.3 is 5.97 Å². The van der Waals surface area contributed by atoms with E-state index >= 15 is 0 Å². The summed E-state index contributed by atoms with van der Waals surface area (Å²) in [5, 5.41) is 17.4. The van der Waals surface area contributed by atoms with Crippen molar-refractivity contribution in [1.29, 1.82) is 0 Å². The van der Waals surface area contributed by atoms with E-state index in [1.54, 1.807) is 0 Å². The molecule has 0 atom stereocenters. The molecule has 0 aliphatic rings. The summed E-state index contributed by atoms with van der Waals surface area (Å²) in [6.07, 6.45) is 0. The molecule has 0 unspecified atom stereocenters. The zero-order valence-corrected chi connectivity index (χ0v) is 10.0. The Bertz CT molecular complexity index is 494. The van der Waals surface area contributed by atoms with Crippen molar-refractivity contribution in [2.24, 2.45) is 0 Å². The van der Waals surface area contributed by atoms with E-state index in [-0.39, 0.29) is 23.6 Å². The highest BCUT2D eigenvalue weighted by Gasteiger charge is 2.20. The lowest BCUT2D eigenvalue weighted by Gasteiger charge is -2.15. The summed E-state index contributed by atoms with van der Waals surface area (Å²) < 4.78 is 24.7. The summed E-state index contributed by atoms with van der Waals surface area (Å²) in [6.45, 7) is -0.286. The highest BCUT2D eigenvalue weighted by Crippen LogP contribution is 2.14. The Morgan fingerprint density at radius 2 is 1.82 bits per heavy atom. The number of carboxylic acids is 1. The highest BCUT2D eigenvalue weighted by molar-refractivity contribution is 7.89. The average molecular weight is 259 g/mol. The Morgan fingerprint density at radius 1 is 1.29 bits per heavy atom. The van der Waals surface area contributed by atoms with E-state index in [0.717, 1.165) is 4.31 Å². The second-order valence-corrected chi connectivity index (χ2v) is 5.42. The Kier molecular flexibility index (Phi) is 4.22. The second kappa shape index (κ2) is 5.26. The van der Waals surface area contributed by atoms with Crippen LogP contribution in [0.25, 0.3) is 0 Å². The fraction of sp³-hybridized carbons (Fsp3) is 0.300. The van der Waals surface area contributed by atoms with Crippen molar-refractivity contribution in [3.63, 3.8) is 0 Å². The maximum absolute atomic E-state index is 11.9. The fourth-order valence-corrected chi connectivity index (χ4v) is 2.37. The van der Waals surface area contributed by atoms with Crippen LogP contribution in [-0.2, 0) is 10.0 Å². The minimum atomic E-state index is -3.66. The van der Waals surface area contributed by atoms with E-state index in [1.807, 2.05) is 0 Å². The first-order chi connectivity index (χ1) is 7.89. The van der Waals surface area contributed by atoms with Crippen LogP contribution in [0.3, 0.4) is 0 Å². The van der Waals surface area contributed by atoms with Crippen LogP contribution in [0.2, 0.25) is 0 Å². The van der Waals surface area contributed by atoms with Gasteiger partial charge < -0.3 is 10.2 Å². The van der Waals surface area contributed by atoms with Crippen molar-refractivity contribution in [3.05, 3.63) is 29.8 Å². The Labute approximate surface area is 99.2 Å². The number of sulfonamides is 1. The molecule has 7 heteroatoms. The van der Waals surface area contributed by atoms with Crippen molar-refractivity contribution in [3.8, 4) is 0 Å².